The van der Waals surface area contributed by atoms with Crippen molar-refractivity contribution in [3.05, 3.63) is 24.2 Å². The fourth-order valence-electron chi connectivity index (χ4n) is 1.08. The van der Waals surface area contributed by atoms with Crippen molar-refractivity contribution in [3.63, 3.8) is 0 Å². The molecule has 0 aliphatic rings. The molecule has 1 aromatic heterocycles. The van der Waals surface area contributed by atoms with Crippen LogP contribution in [0, 0.1) is 0 Å². The van der Waals surface area contributed by atoms with Gasteiger partial charge in [-0.15, -0.1) is 0 Å². The van der Waals surface area contributed by atoms with E-state index in [1.807, 2.05) is 0 Å². The molecule has 90 valence electrons. The van der Waals surface area contributed by atoms with Crippen LogP contribution in [0.3, 0.4) is 0 Å². The normalized spacial score (nSPS) is 13.2. The Hall–Kier alpha value is -1.49. The lowest BCUT2D eigenvalue weighted by atomic mass is 10.2. The highest BCUT2D eigenvalue weighted by atomic mass is 16.6. The Bertz CT molecular complexity index is 326. The van der Waals surface area contributed by atoms with Gasteiger partial charge in [0.1, 0.15) is 17.5 Å². The molecule has 1 rings (SSSR count). The summed E-state index contributed by atoms with van der Waals surface area (Å²) >= 11 is 0. The summed E-state index contributed by atoms with van der Waals surface area (Å²) in [4.78, 5) is 11.3. The van der Waals surface area contributed by atoms with Gasteiger partial charge >= 0.3 is 6.09 Å². The molecule has 5 nitrogen and oxygen atoms in total. The second-order valence-electron chi connectivity index (χ2n) is 4.41. The topological polar surface area (TPSA) is 71.7 Å². The largest absolute Gasteiger partial charge is 0.467 e. The molecule has 2 N–H and O–H groups in total. The maximum Gasteiger partial charge on any atom is 0.407 e. The van der Waals surface area contributed by atoms with Crippen LogP contribution in [0.2, 0.25) is 0 Å². The van der Waals surface area contributed by atoms with E-state index >= 15 is 0 Å². The standard InChI is InChI=1S/C11H17NO4/c1-11(2,3)16-10(14)12-7-8(13)9-5-4-6-15-9/h4-6,8,13H,7H2,1-3H3,(H,12,14)/t8-/m0/s1. The number of nitrogens with one attached hydrogen (secondary N) is 1. The van der Waals surface area contributed by atoms with Gasteiger partial charge < -0.3 is 19.6 Å². The quantitative estimate of drug-likeness (QED) is 0.826. The number of carbonyl (C=O) groups excluding carboxylic acids is 1. The summed E-state index contributed by atoms with van der Waals surface area (Å²) in [7, 11) is 0. The summed E-state index contributed by atoms with van der Waals surface area (Å²) < 4.78 is 10.0. The second-order valence-corrected chi connectivity index (χ2v) is 4.41. The molecule has 0 unspecified atom stereocenters. The van der Waals surface area contributed by atoms with E-state index in [9.17, 15) is 9.90 Å². The predicted octanol–water partition coefficient (Wildman–Crippen LogP) is 1.84. The Balaban J connectivity index is 2.32. The van der Waals surface area contributed by atoms with Crippen molar-refractivity contribution >= 4 is 6.09 Å². The Morgan fingerprint density at radius 2 is 2.31 bits per heavy atom. The van der Waals surface area contributed by atoms with Crippen molar-refractivity contribution in [2.75, 3.05) is 6.54 Å². The highest BCUT2D eigenvalue weighted by Gasteiger charge is 2.17. The molecule has 1 aromatic rings. The summed E-state index contributed by atoms with van der Waals surface area (Å²) in [5.74, 6) is 0.413. The number of amides is 1. The van der Waals surface area contributed by atoms with E-state index in [1.165, 1.54) is 6.26 Å². The van der Waals surface area contributed by atoms with Crippen LogP contribution in [0.5, 0.6) is 0 Å². The lowest BCUT2D eigenvalue weighted by molar-refractivity contribution is 0.0482. The van der Waals surface area contributed by atoms with Crippen molar-refractivity contribution in [2.24, 2.45) is 0 Å². The van der Waals surface area contributed by atoms with Crippen LogP contribution in [0.4, 0.5) is 4.79 Å². The van der Waals surface area contributed by atoms with Crippen LogP contribution < -0.4 is 5.32 Å². The van der Waals surface area contributed by atoms with Crippen molar-refractivity contribution < 1.29 is 19.1 Å². The predicted molar refractivity (Wildman–Crippen MR) is 57.9 cm³/mol. The molecule has 16 heavy (non-hydrogen) atoms. The monoisotopic (exact) mass is 227 g/mol. The van der Waals surface area contributed by atoms with Crippen molar-refractivity contribution in [2.45, 2.75) is 32.5 Å². The van der Waals surface area contributed by atoms with Crippen molar-refractivity contribution in [1.29, 1.82) is 0 Å². The first-order valence-corrected chi connectivity index (χ1v) is 5.07. The van der Waals surface area contributed by atoms with Crippen LogP contribution in [-0.4, -0.2) is 23.3 Å². The molecule has 0 aliphatic carbocycles. The molecule has 0 saturated heterocycles. The van der Waals surface area contributed by atoms with E-state index in [0.717, 1.165) is 0 Å². The number of furan rings is 1. The zero-order chi connectivity index (χ0) is 12.2. The Labute approximate surface area is 94.4 Å². The van der Waals surface area contributed by atoms with Crippen LogP contribution >= 0.6 is 0 Å². The molecule has 0 bridgehead atoms. The smallest absolute Gasteiger partial charge is 0.407 e. The number of rotatable bonds is 3. The van der Waals surface area contributed by atoms with Gasteiger partial charge in [0.2, 0.25) is 0 Å². The number of hydrogen-bond acceptors (Lipinski definition) is 4. The van der Waals surface area contributed by atoms with Gasteiger partial charge in [-0.2, -0.15) is 0 Å². The van der Waals surface area contributed by atoms with Gasteiger partial charge in [0, 0.05) is 0 Å². The molecule has 0 radical (unpaired) electrons. The third-order valence-electron chi connectivity index (χ3n) is 1.71. The fraction of sp³-hybridized carbons (Fsp3) is 0.545. The van der Waals surface area contributed by atoms with E-state index in [4.69, 9.17) is 9.15 Å². The van der Waals surface area contributed by atoms with E-state index in [-0.39, 0.29) is 6.54 Å². The van der Waals surface area contributed by atoms with Crippen molar-refractivity contribution in [1.82, 2.24) is 5.32 Å². The SMILES string of the molecule is CC(C)(C)OC(=O)NC[C@H](O)c1ccco1. The van der Waals surface area contributed by atoms with E-state index in [0.29, 0.717) is 5.76 Å². The van der Waals surface area contributed by atoms with Gasteiger partial charge in [-0.05, 0) is 32.9 Å². The summed E-state index contributed by atoms with van der Waals surface area (Å²) in [6.07, 6.45) is 0.0482. The van der Waals surface area contributed by atoms with Gasteiger partial charge in [-0.1, -0.05) is 0 Å². The van der Waals surface area contributed by atoms with Gasteiger partial charge in [0.25, 0.3) is 0 Å². The minimum absolute atomic E-state index is 0.0580. The van der Waals surface area contributed by atoms with Crippen molar-refractivity contribution in [3.8, 4) is 0 Å². The highest BCUT2D eigenvalue weighted by molar-refractivity contribution is 5.67. The minimum atomic E-state index is -0.859. The van der Waals surface area contributed by atoms with Crippen LogP contribution in [0.25, 0.3) is 0 Å². The van der Waals surface area contributed by atoms with Crippen LogP contribution in [0.1, 0.15) is 32.6 Å². The van der Waals surface area contributed by atoms with Crippen LogP contribution in [0.15, 0.2) is 22.8 Å². The second kappa shape index (κ2) is 5.03. The molecule has 0 aromatic carbocycles. The fourth-order valence-corrected chi connectivity index (χ4v) is 1.08. The number of hydrogen-bond donors (Lipinski definition) is 2. The molecule has 0 aliphatic heterocycles. The van der Waals surface area contributed by atoms with E-state index < -0.39 is 17.8 Å². The zero-order valence-electron chi connectivity index (χ0n) is 9.69. The molecule has 0 fully saturated rings. The lowest BCUT2D eigenvalue weighted by Gasteiger charge is -2.20. The average molecular weight is 227 g/mol. The molecular formula is C11H17NO4. The van der Waals surface area contributed by atoms with Gasteiger partial charge in [-0.25, -0.2) is 4.79 Å². The molecule has 1 heterocycles. The van der Waals surface area contributed by atoms with Gasteiger partial charge in [-0.3, -0.25) is 0 Å². The van der Waals surface area contributed by atoms with Gasteiger partial charge in [0.05, 0.1) is 12.8 Å². The Morgan fingerprint density at radius 1 is 1.62 bits per heavy atom. The Morgan fingerprint density at radius 3 is 2.81 bits per heavy atom. The minimum Gasteiger partial charge on any atom is -0.467 e. The molecule has 0 saturated carbocycles. The third-order valence-corrected chi connectivity index (χ3v) is 1.71. The van der Waals surface area contributed by atoms with E-state index in [1.54, 1.807) is 32.9 Å². The highest BCUT2D eigenvalue weighted by Crippen LogP contribution is 2.12. The number of aliphatic hydroxyl groups is 1. The zero-order valence-corrected chi connectivity index (χ0v) is 9.69. The third kappa shape index (κ3) is 4.35. The summed E-state index contributed by atoms with van der Waals surface area (Å²) in [6.45, 7) is 5.38. The first-order valence-electron chi connectivity index (χ1n) is 5.07. The first-order chi connectivity index (χ1) is 7.38. The van der Waals surface area contributed by atoms with Crippen LogP contribution in [-0.2, 0) is 4.74 Å². The molecule has 1 atom stereocenters. The number of aliphatic hydroxyl groups excluding tert-OH is 1. The maximum absolute atomic E-state index is 11.3. The Kier molecular flexibility index (Phi) is 3.95. The maximum atomic E-state index is 11.3. The van der Waals surface area contributed by atoms with Gasteiger partial charge in [0.15, 0.2) is 0 Å². The number of alkyl carbamates (subject to hydrolysis) is 1. The molecule has 1 amide bonds. The number of ether oxygens (including phenoxy) is 1. The molecular weight excluding hydrogens is 210 g/mol. The summed E-state index contributed by atoms with van der Waals surface area (Å²) in [5, 5.41) is 12.0. The molecule has 5 heteroatoms. The first kappa shape index (κ1) is 12.6. The summed E-state index contributed by atoms with van der Waals surface area (Å²) in [5.41, 5.74) is -0.542. The van der Waals surface area contributed by atoms with E-state index in [2.05, 4.69) is 5.32 Å². The average Bonchev–Trinajstić information content (AvgIpc) is 2.64. The number of carbonyl (C=O) groups is 1. The summed E-state index contributed by atoms with van der Waals surface area (Å²) in [6, 6.07) is 3.31. The molecule has 0 spiro atoms. The lowest BCUT2D eigenvalue weighted by Crippen LogP contribution is -2.34.